The molecule has 0 aromatic heterocycles. The second kappa shape index (κ2) is 7.32. The molecule has 74 valence electrons. The Morgan fingerprint density at radius 1 is 1.00 bits per heavy atom. The van der Waals surface area contributed by atoms with Crippen LogP contribution in [-0.4, -0.2) is 13.1 Å². The zero-order valence-electron chi connectivity index (χ0n) is 9.14. The van der Waals surface area contributed by atoms with E-state index in [4.69, 9.17) is 0 Å². The van der Waals surface area contributed by atoms with Gasteiger partial charge in [-0.25, -0.2) is 0 Å². The summed E-state index contributed by atoms with van der Waals surface area (Å²) in [5.74, 6) is 3.44. The van der Waals surface area contributed by atoms with Crippen molar-refractivity contribution in [1.82, 2.24) is 0 Å². The molecule has 1 heterocycles. The molecule has 0 bridgehead atoms. The molecule has 0 aromatic rings. The molecule has 2 aliphatic rings. The molecule has 0 spiro atoms. The van der Waals surface area contributed by atoms with Crippen LogP contribution in [0.2, 0.25) is 0 Å². The summed E-state index contributed by atoms with van der Waals surface area (Å²) in [6.07, 6.45) is 4.41. The van der Waals surface area contributed by atoms with Crippen LogP contribution in [-0.2, 0) is 0 Å². The van der Waals surface area contributed by atoms with Crippen LogP contribution in [0.1, 0.15) is 40.0 Å². The Morgan fingerprint density at radius 2 is 1.38 bits per heavy atom. The van der Waals surface area contributed by atoms with Crippen molar-refractivity contribution < 1.29 is 31.1 Å². The summed E-state index contributed by atoms with van der Waals surface area (Å²) >= 11 is 0. The molecule has 0 N–H and O–H groups in total. The smallest absolute Gasteiger partial charge is 0.662 e. The molecular weight excluding hydrogens is 384 g/mol. The van der Waals surface area contributed by atoms with Crippen LogP contribution in [0.15, 0.2) is 0 Å². The van der Waals surface area contributed by atoms with Crippen LogP contribution in [0.25, 0.3) is 5.32 Å². The van der Waals surface area contributed by atoms with Crippen LogP contribution >= 0.6 is 0 Å². The number of rotatable bonds is 0. The maximum absolute atomic E-state index is 4.37. The minimum atomic E-state index is 0. The first kappa shape index (κ1) is 14.0. The van der Waals surface area contributed by atoms with Crippen molar-refractivity contribution in [2.24, 2.45) is 11.8 Å². The Balaban J connectivity index is 0.000000256. The van der Waals surface area contributed by atoms with E-state index in [0.29, 0.717) is 0 Å². The molecular formula is C11H21NU. The van der Waals surface area contributed by atoms with E-state index < -0.39 is 0 Å². The largest absolute Gasteiger partial charge is 2.00 e. The average molecular weight is 405 g/mol. The fourth-order valence-electron chi connectivity index (χ4n) is 2.00. The van der Waals surface area contributed by atoms with E-state index in [0.717, 1.165) is 11.8 Å². The quantitative estimate of drug-likeness (QED) is 0.549. The Bertz CT molecular complexity index is 103. The summed E-state index contributed by atoms with van der Waals surface area (Å²) in [5, 5.41) is 4.37. The maximum Gasteiger partial charge on any atom is 2.00 e. The van der Waals surface area contributed by atoms with Crippen LogP contribution < -0.4 is 0 Å². The molecule has 2 heteroatoms. The monoisotopic (exact) mass is 405 g/mol. The van der Waals surface area contributed by atoms with E-state index >= 15 is 0 Å². The van der Waals surface area contributed by atoms with Crippen LogP contribution in [0.3, 0.4) is 0 Å². The molecule has 2 rings (SSSR count). The van der Waals surface area contributed by atoms with Gasteiger partial charge in [0.05, 0.1) is 0 Å². The predicted molar refractivity (Wildman–Crippen MR) is 54.2 cm³/mol. The summed E-state index contributed by atoms with van der Waals surface area (Å²) in [5.41, 5.74) is 0. The van der Waals surface area contributed by atoms with Gasteiger partial charge in [0.2, 0.25) is 0 Å². The normalized spacial score (nSPS) is 30.5. The number of fused-ring (bicyclic) bond motifs is 1. The van der Waals surface area contributed by atoms with Crippen LogP contribution in [0.5, 0.6) is 0 Å². The van der Waals surface area contributed by atoms with Crippen molar-refractivity contribution in [3.05, 3.63) is 11.2 Å². The Morgan fingerprint density at radius 3 is 1.77 bits per heavy atom. The molecule has 2 atom stereocenters. The zero-order chi connectivity index (χ0) is 8.97. The van der Waals surface area contributed by atoms with Gasteiger partial charge in [0.15, 0.2) is 0 Å². The number of hydrogen-bond acceptors (Lipinski definition) is 0. The predicted octanol–water partition coefficient (Wildman–Crippen LogP) is 3.41. The van der Waals surface area contributed by atoms with Crippen LogP contribution in [0.4, 0.5) is 0 Å². The topological polar surface area (TPSA) is 14.1 Å². The second-order valence-corrected chi connectivity index (χ2v) is 4.54. The van der Waals surface area contributed by atoms with Gasteiger partial charge in [0.25, 0.3) is 0 Å². The summed E-state index contributed by atoms with van der Waals surface area (Å²) in [6.45, 7) is 8.62. The van der Waals surface area contributed by atoms with Gasteiger partial charge in [0.1, 0.15) is 0 Å². The summed E-state index contributed by atoms with van der Waals surface area (Å²) in [4.78, 5) is 0. The molecule has 1 saturated heterocycles. The summed E-state index contributed by atoms with van der Waals surface area (Å²) < 4.78 is 0. The third kappa shape index (κ3) is 5.45. The molecule has 2 unspecified atom stereocenters. The van der Waals surface area contributed by atoms with Gasteiger partial charge in [-0.3, -0.25) is 0 Å². The van der Waals surface area contributed by atoms with Gasteiger partial charge in [-0.1, -0.05) is 31.1 Å². The van der Waals surface area contributed by atoms with E-state index in [1.165, 1.54) is 38.3 Å². The average Bonchev–Trinajstić information content (AvgIpc) is 2.40. The minimum Gasteiger partial charge on any atom is -0.662 e. The third-order valence-electron chi connectivity index (χ3n) is 2.54. The minimum absolute atomic E-state index is 0. The van der Waals surface area contributed by atoms with E-state index in [1.807, 2.05) is 0 Å². The fraction of sp³-hybridized carbons (Fsp3) is 0.909. The van der Waals surface area contributed by atoms with Gasteiger partial charge in [-0.05, 0) is 0 Å². The van der Waals surface area contributed by atoms with Crippen molar-refractivity contribution in [1.29, 1.82) is 0 Å². The summed E-state index contributed by atoms with van der Waals surface area (Å²) in [6, 6.07) is 0. The molecule has 1 aliphatic heterocycles. The SMILES string of the molecule is C1CC2C[N-]CC2C1.C[C-](C)C.[U+2]. The molecule has 0 amide bonds. The van der Waals surface area contributed by atoms with Gasteiger partial charge in [-0.2, -0.15) is 20.8 Å². The Hall–Kier alpha value is 1.01. The van der Waals surface area contributed by atoms with Crippen molar-refractivity contribution in [3.8, 4) is 0 Å². The third-order valence-corrected chi connectivity index (χ3v) is 2.54. The van der Waals surface area contributed by atoms with E-state index in [1.54, 1.807) is 0 Å². The first-order chi connectivity index (χ1) is 5.70. The molecule has 13 heavy (non-hydrogen) atoms. The van der Waals surface area contributed by atoms with Gasteiger partial charge < -0.3 is 11.2 Å². The fourth-order valence-corrected chi connectivity index (χ4v) is 2.00. The second-order valence-electron chi connectivity index (χ2n) is 4.54. The Labute approximate surface area is 107 Å². The van der Waals surface area contributed by atoms with Crippen molar-refractivity contribution in [2.45, 2.75) is 40.0 Å². The molecule has 0 aromatic carbocycles. The first-order valence-electron chi connectivity index (χ1n) is 5.10. The van der Waals surface area contributed by atoms with Gasteiger partial charge in [-0.15, -0.1) is 13.1 Å². The number of hydrogen-bond donors (Lipinski definition) is 0. The van der Waals surface area contributed by atoms with E-state index in [-0.39, 0.29) is 31.1 Å². The molecule has 1 aliphatic carbocycles. The van der Waals surface area contributed by atoms with Crippen molar-refractivity contribution >= 4 is 0 Å². The van der Waals surface area contributed by atoms with Gasteiger partial charge >= 0.3 is 31.1 Å². The van der Waals surface area contributed by atoms with Crippen molar-refractivity contribution in [2.75, 3.05) is 13.1 Å². The van der Waals surface area contributed by atoms with Gasteiger partial charge in [0, 0.05) is 0 Å². The molecule has 2 fully saturated rings. The first-order valence-corrected chi connectivity index (χ1v) is 5.10. The summed E-state index contributed by atoms with van der Waals surface area (Å²) in [7, 11) is 0. The molecule has 1 saturated carbocycles. The zero-order valence-corrected chi connectivity index (χ0v) is 13.3. The molecule has 1 nitrogen and oxygen atoms in total. The standard InChI is InChI=1S/C7H12N.C4H9.U/c1-2-6-4-8-5-7(6)3-1;1-4(2)3;/h6-7H,1-5H2;1-3H3;/q2*-1;+2. The van der Waals surface area contributed by atoms with E-state index in [9.17, 15) is 0 Å². The Kier molecular flexibility index (Phi) is 7.89. The van der Waals surface area contributed by atoms with Crippen LogP contribution in [0, 0.1) is 48.9 Å². The van der Waals surface area contributed by atoms with Crippen molar-refractivity contribution in [3.63, 3.8) is 0 Å². The molecule has 0 radical (unpaired) electrons. The number of nitrogens with zero attached hydrogens (tertiary/aromatic N) is 1. The maximum atomic E-state index is 4.37. The van der Waals surface area contributed by atoms with E-state index in [2.05, 4.69) is 26.1 Å².